The van der Waals surface area contributed by atoms with Gasteiger partial charge in [0.05, 0.1) is 0 Å². The number of allylic oxidation sites excluding steroid dienone is 14. The molecule has 83 heavy (non-hydrogen) atoms. The molecule has 0 N–H and O–H groups in total. The zero-order valence-corrected chi connectivity index (χ0v) is 55.2. The molecule has 0 saturated carbocycles. The van der Waals surface area contributed by atoms with Crippen molar-refractivity contribution >= 4 is 17.9 Å². The minimum Gasteiger partial charge on any atom is -0.462 e. The molecule has 0 bridgehead atoms. The predicted octanol–water partition coefficient (Wildman–Crippen LogP) is 25.0. The quantitative estimate of drug-likeness (QED) is 0.0261. The molecule has 0 amide bonds. The van der Waals surface area contributed by atoms with Gasteiger partial charge < -0.3 is 14.2 Å². The van der Waals surface area contributed by atoms with Crippen LogP contribution in [0.5, 0.6) is 0 Å². The summed E-state index contributed by atoms with van der Waals surface area (Å²) < 4.78 is 16.9. The third-order valence-electron chi connectivity index (χ3n) is 15.9. The van der Waals surface area contributed by atoms with Crippen LogP contribution in [0.15, 0.2) is 85.1 Å². The van der Waals surface area contributed by atoms with Crippen molar-refractivity contribution in [2.75, 3.05) is 13.2 Å². The van der Waals surface area contributed by atoms with Crippen molar-refractivity contribution in [3.05, 3.63) is 85.1 Å². The van der Waals surface area contributed by atoms with E-state index in [1.807, 2.05) is 0 Å². The molecule has 0 rings (SSSR count). The van der Waals surface area contributed by atoms with Crippen LogP contribution in [0.25, 0.3) is 0 Å². The number of carbonyl (C=O) groups is 3. The lowest BCUT2D eigenvalue weighted by Crippen LogP contribution is -2.30. The largest absolute Gasteiger partial charge is 0.462 e. The number of rotatable bonds is 66. The third kappa shape index (κ3) is 69.3. The van der Waals surface area contributed by atoms with Crippen molar-refractivity contribution in [2.24, 2.45) is 0 Å². The number of hydrogen-bond acceptors (Lipinski definition) is 6. The molecule has 0 spiro atoms. The number of ether oxygens (including phenoxy) is 3. The maximum absolute atomic E-state index is 12.9. The van der Waals surface area contributed by atoms with E-state index in [2.05, 4.69) is 106 Å². The van der Waals surface area contributed by atoms with Gasteiger partial charge in [-0.3, -0.25) is 14.4 Å². The Morgan fingerprint density at radius 1 is 0.253 bits per heavy atom. The van der Waals surface area contributed by atoms with Gasteiger partial charge in [0.15, 0.2) is 6.10 Å². The third-order valence-corrected chi connectivity index (χ3v) is 15.9. The van der Waals surface area contributed by atoms with E-state index in [1.54, 1.807) is 0 Å². The summed E-state index contributed by atoms with van der Waals surface area (Å²) in [5, 5.41) is 0. The second-order valence-corrected chi connectivity index (χ2v) is 24.1. The molecular formula is C77H136O6. The number of carbonyl (C=O) groups excluding carboxylic acids is 3. The average molecular weight is 1160 g/mol. The fourth-order valence-corrected chi connectivity index (χ4v) is 10.5. The van der Waals surface area contributed by atoms with E-state index < -0.39 is 6.10 Å². The lowest BCUT2D eigenvalue weighted by molar-refractivity contribution is -0.167. The summed E-state index contributed by atoms with van der Waals surface area (Å²) in [6.45, 7) is 6.52. The van der Waals surface area contributed by atoms with E-state index in [0.29, 0.717) is 19.3 Å². The zero-order chi connectivity index (χ0) is 59.9. The van der Waals surface area contributed by atoms with Gasteiger partial charge in [-0.25, -0.2) is 0 Å². The van der Waals surface area contributed by atoms with Gasteiger partial charge in [0.2, 0.25) is 0 Å². The average Bonchev–Trinajstić information content (AvgIpc) is 3.49. The topological polar surface area (TPSA) is 78.9 Å². The van der Waals surface area contributed by atoms with Gasteiger partial charge in [-0.2, -0.15) is 0 Å². The number of unbranched alkanes of at least 4 members (excludes halogenated alkanes) is 41. The van der Waals surface area contributed by atoms with Crippen molar-refractivity contribution in [3.63, 3.8) is 0 Å². The lowest BCUT2D eigenvalue weighted by Gasteiger charge is -2.18. The van der Waals surface area contributed by atoms with E-state index in [1.165, 1.54) is 231 Å². The molecule has 0 saturated heterocycles. The zero-order valence-electron chi connectivity index (χ0n) is 55.2. The summed E-state index contributed by atoms with van der Waals surface area (Å²) in [6, 6.07) is 0. The molecule has 6 heteroatoms. The fourth-order valence-electron chi connectivity index (χ4n) is 10.5. The Kier molecular flexibility index (Phi) is 68.2. The van der Waals surface area contributed by atoms with Crippen LogP contribution in [-0.4, -0.2) is 37.2 Å². The minimum absolute atomic E-state index is 0.0721. The summed E-state index contributed by atoms with van der Waals surface area (Å²) in [5.41, 5.74) is 0. The second kappa shape index (κ2) is 71.1. The molecule has 480 valence electrons. The van der Waals surface area contributed by atoms with Gasteiger partial charge in [0.25, 0.3) is 0 Å². The summed E-state index contributed by atoms with van der Waals surface area (Å²) in [4.78, 5) is 38.2. The highest BCUT2D eigenvalue weighted by atomic mass is 16.6. The molecule has 0 aromatic rings. The summed E-state index contributed by atoms with van der Waals surface area (Å²) in [6.07, 6.45) is 95.1. The Hall–Kier alpha value is -3.41. The Balaban J connectivity index is 4.04. The van der Waals surface area contributed by atoms with Gasteiger partial charge in [-0.05, 0) is 96.3 Å². The Morgan fingerprint density at radius 3 is 0.735 bits per heavy atom. The predicted molar refractivity (Wildman–Crippen MR) is 362 cm³/mol. The van der Waals surface area contributed by atoms with Gasteiger partial charge in [-0.1, -0.05) is 337 Å². The lowest BCUT2D eigenvalue weighted by atomic mass is 10.0. The molecule has 0 aromatic carbocycles. The highest BCUT2D eigenvalue weighted by Gasteiger charge is 2.19. The molecule has 0 radical (unpaired) electrons. The van der Waals surface area contributed by atoms with E-state index >= 15 is 0 Å². The van der Waals surface area contributed by atoms with Crippen molar-refractivity contribution in [1.82, 2.24) is 0 Å². The Bertz CT molecular complexity index is 1570. The first-order chi connectivity index (χ1) is 41.0. The van der Waals surface area contributed by atoms with Crippen molar-refractivity contribution < 1.29 is 28.6 Å². The van der Waals surface area contributed by atoms with Gasteiger partial charge in [0, 0.05) is 19.3 Å². The maximum atomic E-state index is 12.9. The Labute approximate surface area is 515 Å². The van der Waals surface area contributed by atoms with Crippen molar-refractivity contribution in [3.8, 4) is 0 Å². The monoisotopic (exact) mass is 1160 g/mol. The van der Waals surface area contributed by atoms with Crippen molar-refractivity contribution in [1.29, 1.82) is 0 Å². The fraction of sp³-hybridized carbons (Fsp3) is 0.779. The van der Waals surface area contributed by atoms with E-state index in [0.717, 1.165) is 96.3 Å². The van der Waals surface area contributed by atoms with Crippen LogP contribution in [0.4, 0.5) is 0 Å². The minimum atomic E-state index is -0.773. The molecule has 0 aliphatic heterocycles. The molecule has 1 unspecified atom stereocenters. The molecule has 0 aromatic heterocycles. The molecule has 6 nitrogen and oxygen atoms in total. The van der Waals surface area contributed by atoms with Crippen LogP contribution in [-0.2, 0) is 28.6 Å². The summed E-state index contributed by atoms with van der Waals surface area (Å²) >= 11 is 0. The smallest absolute Gasteiger partial charge is 0.306 e. The van der Waals surface area contributed by atoms with Crippen LogP contribution in [0.1, 0.15) is 367 Å². The number of hydrogen-bond donors (Lipinski definition) is 0. The summed E-state index contributed by atoms with van der Waals surface area (Å²) in [7, 11) is 0. The van der Waals surface area contributed by atoms with E-state index in [4.69, 9.17) is 14.2 Å². The SMILES string of the molecule is CC/C=C\C/C=C\C/C=C\C/C=C\CCCCCCCCCCCCCCCCC(=O)OC(COC(=O)CCCCCCCCC)COC(=O)CCCCCCCCCCCCCCCCCC/C=C\C/C=C\C/C=C\CCCCCCC. The molecular weight excluding hydrogens is 1020 g/mol. The highest BCUT2D eigenvalue weighted by Crippen LogP contribution is 2.18. The van der Waals surface area contributed by atoms with Crippen LogP contribution in [0.2, 0.25) is 0 Å². The standard InChI is InChI=1S/C77H136O6/c1-4-7-10-13-16-18-20-22-24-26-28-30-32-34-36-37-38-39-41-42-44-46-48-50-52-54-56-58-61-64-67-70-76(79)82-73-74(72-81-75(78)69-66-63-60-15-12-9-6-3)83-77(80)71-68-65-62-59-57-55-53-51-49-47-45-43-40-35-33-31-29-27-25-23-21-19-17-14-11-8-5-2/h8,11,17,19-20,22-23,25-26,28-29,31-32,34,74H,4-7,9-10,12-16,18,21,24,27,30,33,35-73H2,1-3H3/b11-8-,19-17-,22-20-,25-23-,28-26-,31-29-,34-32-. The molecule has 0 fully saturated rings. The molecule has 0 aliphatic rings. The maximum Gasteiger partial charge on any atom is 0.306 e. The van der Waals surface area contributed by atoms with E-state index in [-0.39, 0.29) is 31.1 Å². The van der Waals surface area contributed by atoms with Crippen molar-refractivity contribution in [2.45, 2.75) is 374 Å². The first-order valence-electron chi connectivity index (χ1n) is 36.1. The first-order valence-corrected chi connectivity index (χ1v) is 36.1. The van der Waals surface area contributed by atoms with Crippen LogP contribution >= 0.6 is 0 Å². The normalized spacial score (nSPS) is 12.6. The molecule has 0 aliphatic carbocycles. The van der Waals surface area contributed by atoms with Crippen LogP contribution in [0, 0.1) is 0 Å². The van der Waals surface area contributed by atoms with Crippen LogP contribution in [0.3, 0.4) is 0 Å². The Morgan fingerprint density at radius 2 is 0.470 bits per heavy atom. The second-order valence-electron chi connectivity index (χ2n) is 24.1. The molecule has 0 heterocycles. The van der Waals surface area contributed by atoms with Gasteiger partial charge >= 0.3 is 17.9 Å². The van der Waals surface area contributed by atoms with Gasteiger partial charge in [-0.15, -0.1) is 0 Å². The summed E-state index contributed by atoms with van der Waals surface area (Å²) in [5.74, 6) is -0.861. The highest BCUT2D eigenvalue weighted by molar-refractivity contribution is 5.71. The number of esters is 3. The van der Waals surface area contributed by atoms with Gasteiger partial charge in [0.1, 0.15) is 13.2 Å². The molecule has 1 atom stereocenters. The van der Waals surface area contributed by atoms with Crippen LogP contribution < -0.4 is 0 Å². The van der Waals surface area contributed by atoms with E-state index in [9.17, 15) is 14.4 Å². The first kappa shape index (κ1) is 79.6.